The zero-order valence-corrected chi connectivity index (χ0v) is 14.8. The van der Waals surface area contributed by atoms with Gasteiger partial charge in [-0.25, -0.2) is 18.2 Å². The third-order valence-corrected chi connectivity index (χ3v) is 5.16. The van der Waals surface area contributed by atoms with Crippen LogP contribution in [0.3, 0.4) is 0 Å². The summed E-state index contributed by atoms with van der Waals surface area (Å²) in [6.07, 6.45) is 1.17. The highest BCUT2D eigenvalue weighted by Gasteiger charge is 2.17. The standard InChI is InChI=1S/C17H20N2O4S/c1-11-15(17(20)21)9-10-16(18-11)19(3)12(2)13-5-7-14(8-6-13)24(4,22)23/h5-10,12H,1-4H3,(H,20,21). The van der Waals surface area contributed by atoms with E-state index in [9.17, 15) is 13.2 Å². The summed E-state index contributed by atoms with van der Waals surface area (Å²) in [5.74, 6) is -0.351. The highest BCUT2D eigenvalue weighted by molar-refractivity contribution is 7.90. The molecule has 0 spiro atoms. The summed E-state index contributed by atoms with van der Waals surface area (Å²) in [4.78, 5) is 17.6. The van der Waals surface area contributed by atoms with Crippen LogP contribution in [0.5, 0.6) is 0 Å². The van der Waals surface area contributed by atoms with Crippen LogP contribution >= 0.6 is 0 Å². The molecule has 1 aromatic heterocycles. The third-order valence-electron chi connectivity index (χ3n) is 4.03. The minimum atomic E-state index is -3.22. The first kappa shape index (κ1) is 17.9. The Kier molecular flexibility index (Phi) is 4.94. The maximum atomic E-state index is 11.5. The van der Waals surface area contributed by atoms with E-state index in [0.717, 1.165) is 5.56 Å². The molecule has 0 amide bonds. The topological polar surface area (TPSA) is 87.6 Å². The molecular weight excluding hydrogens is 328 g/mol. The van der Waals surface area contributed by atoms with Crippen molar-refractivity contribution in [3.63, 3.8) is 0 Å². The number of rotatable bonds is 5. The Bertz CT molecular complexity index is 861. The number of carboxylic acids is 1. The maximum Gasteiger partial charge on any atom is 0.337 e. The van der Waals surface area contributed by atoms with Crippen LogP contribution in [0, 0.1) is 6.92 Å². The summed E-state index contributed by atoms with van der Waals surface area (Å²) in [5, 5.41) is 9.07. The number of hydrogen-bond acceptors (Lipinski definition) is 5. The van der Waals surface area contributed by atoms with Crippen LogP contribution in [0.15, 0.2) is 41.3 Å². The van der Waals surface area contributed by atoms with Gasteiger partial charge in [-0.1, -0.05) is 12.1 Å². The number of pyridine rings is 1. The molecule has 0 bridgehead atoms. The van der Waals surface area contributed by atoms with E-state index in [-0.39, 0.29) is 16.5 Å². The van der Waals surface area contributed by atoms with Gasteiger partial charge in [-0.3, -0.25) is 0 Å². The molecule has 2 rings (SSSR count). The highest BCUT2D eigenvalue weighted by atomic mass is 32.2. The summed E-state index contributed by atoms with van der Waals surface area (Å²) in [7, 11) is -1.36. The van der Waals surface area contributed by atoms with Gasteiger partial charge >= 0.3 is 5.97 Å². The van der Waals surface area contributed by atoms with Crippen molar-refractivity contribution in [3.8, 4) is 0 Å². The van der Waals surface area contributed by atoms with E-state index < -0.39 is 15.8 Å². The number of nitrogens with zero attached hydrogens (tertiary/aromatic N) is 2. The number of sulfone groups is 1. The molecule has 2 aromatic rings. The van der Waals surface area contributed by atoms with Gasteiger partial charge in [0.2, 0.25) is 0 Å². The Morgan fingerprint density at radius 3 is 2.21 bits per heavy atom. The fourth-order valence-electron chi connectivity index (χ4n) is 2.39. The van der Waals surface area contributed by atoms with Crippen LogP contribution in [0.1, 0.15) is 34.6 Å². The number of hydrogen-bond donors (Lipinski definition) is 1. The van der Waals surface area contributed by atoms with E-state index in [0.29, 0.717) is 11.5 Å². The molecule has 1 unspecified atom stereocenters. The largest absolute Gasteiger partial charge is 0.478 e. The lowest BCUT2D eigenvalue weighted by Gasteiger charge is -2.27. The Labute approximate surface area is 141 Å². The Morgan fingerprint density at radius 1 is 1.17 bits per heavy atom. The summed E-state index contributed by atoms with van der Waals surface area (Å²) < 4.78 is 23.1. The van der Waals surface area contributed by atoms with Crippen LogP contribution in [0.25, 0.3) is 0 Å². The molecule has 1 aromatic carbocycles. The van der Waals surface area contributed by atoms with Crippen molar-refractivity contribution in [1.82, 2.24) is 4.98 Å². The molecule has 6 nitrogen and oxygen atoms in total. The molecular formula is C17H20N2O4S. The van der Waals surface area contributed by atoms with E-state index in [2.05, 4.69) is 4.98 Å². The SMILES string of the molecule is Cc1nc(N(C)C(C)c2ccc(S(C)(=O)=O)cc2)ccc1C(=O)O. The lowest BCUT2D eigenvalue weighted by molar-refractivity contribution is 0.0695. The van der Waals surface area contributed by atoms with Crippen molar-refractivity contribution in [2.75, 3.05) is 18.2 Å². The first-order chi connectivity index (χ1) is 11.1. The van der Waals surface area contributed by atoms with Gasteiger partial charge in [-0.05, 0) is 43.7 Å². The van der Waals surface area contributed by atoms with Gasteiger partial charge in [0.05, 0.1) is 22.2 Å². The highest BCUT2D eigenvalue weighted by Crippen LogP contribution is 2.25. The molecule has 1 N–H and O–H groups in total. The van der Waals surface area contributed by atoms with Gasteiger partial charge in [0.25, 0.3) is 0 Å². The molecule has 128 valence electrons. The van der Waals surface area contributed by atoms with E-state index >= 15 is 0 Å². The molecule has 0 aliphatic heterocycles. The molecule has 1 heterocycles. The fourth-order valence-corrected chi connectivity index (χ4v) is 3.02. The van der Waals surface area contributed by atoms with Gasteiger partial charge in [0, 0.05) is 13.3 Å². The number of benzene rings is 1. The van der Waals surface area contributed by atoms with Crippen LogP contribution in [0.4, 0.5) is 5.82 Å². The van der Waals surface area contributed by atoms with Crippen molar-refractivity contribution in [2.45, 2.75) is 24.8 Å². The molecule has 24 heavy (non-hydrogen) atoms. The normalized spacial score (nSPS) is 12.7. The summed E-state index contributed by atoms with van der Waals surface area (Å²) in [6.45, 7) is 3.63. The number of aryl methyl sites for hydroxylation is 1. The van der Waals surface area contributed by atoms with Gasteiger partial charge in [-0.2, -0.15) is 0 Å². The quantitative estimate of drug-likeness (QED) is 0.894. The van der Waals surface area contributed by atoms with Gasteiger partial charge in [-0.15, -0.1) is 0 Å². The van der Waals surface area contributed by atoms with Crippen LogP contribution in [-0.4, -0.2) is 37.8 Å². The van der Waals surface area contributed by atoms with Gasteiger partial charge in [0.1, 0.15) is 5.82 Å². The van der Waals surface area contributed by atoms with Crippen LogP contribution in [0.2, 0.25) is 0 Å². The molecule has 1 atom stereocenters. The third kappa shape index (κ3) is 3.73. The lowest BCUT2D eigenvalue weighted by atomic mass is 10.1. The number of aromatic carboxylic acids is 1. The monoisotopic (exact) mass is 348 g/mol. The molecule has 0 aliphatic carbocycles. The molecule has 0 radical (unpaired) electrons. The maximum absolute atomic E-state index is 11.5. The van der Waals surface area contributed by atoms with Crippen molar-refractivity contribution < 1.29 is 18.3 Å². The summed E-state index contributed by atoms with van der Waals surface area (Å²) >= 11 is 0. The number of anilines is 1. The Hall–Kier alpha value is -2.41. The first-order valence-corrected chi connectivity index (χ1v) is 9.24. The first-order valence-electron chi connectivity index (χ1n) is 7.35. The minimum absolute atomic E-state index is 0.0545. The zero-order chi connectivity index (χ0) is 18.1. The van der Waals surface area contributed by atoms with Gasteiger partial charge in [0.15, 0.2) is 9.84 Å². The number of carbonyl (C=O) groups is 1. The van der Waals surface area contributed by atoms with Crippen molar-refractivity contribution in [2.24, 2.45) is 0 Å². The summed E-state index contributed by atoms with van der Waals surface area (Å²) in [6, 6.07) is 9.86. The predicted molar refractivity (Wildman–Crippen MR) is 92.3 cm³/mol. The van der Waals surface area contributed by atoms with Crippen LogP contribution in [-0.2, 0) is 9.84 Å². The van der Waals surface area contributed by atoms with Gasteiger partial charge < -0.3 is 10.0 Å². The minimum Gasteiger partial charge on any atom is -0.478 e. The van der Waals surface area contributed by atoms with E-state index in [1.165, 1.54) is 12.3 Å². The van der Waals surface area contributed by atoms with Crippen molar-refractivity contribution in [3.05, 3.63) is 53.2 Å². The van der Waals surface area contributed by atoms with E-state index in [4.69, 9.17) is 5.11 Å². The molecule has 0 saturated carbocycles. The van der Waals surface area contributed by atoms with Crippen molar-refractivity contribution in [1.29, 1.82) is 0 Å². The second-order valence-corrected chi connectivity index (χ2v) is 7.75. The second-order valence-electron chi connectivity index (χ2n) is 5.74. The smallest absolute Gasteiger partial charge is 0.337 e. The Morgan fingerprint density at radius 2 is 1.75 bits per heavy atom. The average molecular weight is 348 g/mol. The molecule has 0 fully saturated rings. The van der Waals surface area contributed by atoms with Crippen LogP contribution < -0.4 is 4.90 Å². The van der Waals surface area contributed by atoms with Crippen molar-refractivity contribution >= 4 is 21.6 Å². The fraction of sp³-hybridized carbons (Fsp3) is 0.294. The second kappa shape index (κ2) is 6.60. The average Bonchev–Trinajstić information content (AvgIpc) is 2.52. The number of carboxylic acid groups (broad SMARTS) is 1. The molecule has 0 saturated heterocycles. The number of aromatic nitrogens is 1. The lowest BCUT2D eigenvalue weighted by Crippen LogP contribution is -2.23. The summed E-state index contributed by atoms with van der Waals surface area (Å²) in [5.41, 5.74) is 1.57. The van der Waals surface area contributed by atoms with E-state index in [1.54, 1.807) is 37.3 Å². The Balaban J connectivity index is 2.27. The zero-order valence-electron chi connectivity index (χ0n) is 14.0. The van der Waals surface area contributed by atoms with E-state index in [1.807, 2.05) is 18.9 Å². The molecule has 7 heteroatoms. The predicted octanol–water partition coefficient (Wildman–Crippen LogP) is 2.69. The molecule has 0 aliphatic rings.